The lowest BCUT2D eigenvalue weighted by atomic mass is 9.93. The second-order valence-electron chi connectivity index (χ2n) is 5.51. The van der Waals surface area contributed by atoms with E-state index in [4.69, 9.17) is 9.15 Å². The van der Waals surface area contributed by atoms with E-state index in [0.29, 0.717) is 28.0 Å². The predicted molar refractivity (Wildman–Crippen MR) is 89.6 cm³/mol. The molecule has 0 saturated carbocycles. The van der Waals surface area contributed by atoms with E-state index in [1.165, 1.54) is 11.8 Å². The van der Waals surface area contributed by atoms with Crippen LogP contribution in [0.3, 0.4) is 0 Å². The molecule has 23 heavy (non-hydrogen) atoms. The third-order valence-electron chi connectivity index (χ3n) is 4.18. The first-order valence-electron chi connectivity index (χ1n) is 7.52. The van der Waals surface area contributed by atoms with Gasteiger partial charge in [-0.05, 0) is 36.1 Å². The van der Waals surface area contributed by atoms with Crippen LogP contribution in [0.1, 0.15) is 17.5 Å². The SMILES string of the molecule is COc1ccnc(-c2coc3ccc4c(c3c2=O)C=CCC4)c1. The highest BCUT2D eigenvalue weighted by atomic mass is 16.5. The molecule has 0 spiro atoms. The van der Waals surface area contributed by atoms with Crippen LogP contribution in [0.4, 0.5) is 0 Å². The maximum Gasteiger partial charge on any atom is 0.202 e. The Morgan fingerprint density at radius 1 is 1.26 bits per heavy atom. The molecule has 1 aliphatic rings. The minimum absolute atomic E-state index is 0.0598. The van der Waals surface area contributed by atoms with E-state index in [9.17, 15) is 4.79 Å². The molecule has 4 nitrogen and oxygen atoms in total. The summed E-state index contributed by atoms with van der Waals surface area (Å²) in [5.41, 5.74) is 3.69. The average molecular weight is 305 g/mol. The fourth-order valence-corrected chi connectivity index (χ4v) is 3.00. The minimum atomic E-state index is -0.0598. The summed E-state index contributed by atoms with van der Waals surface area (Å²) >= 11 is 0. The van der Waals surface area contributed by atoms with Crippen molar-refractivity contribution >= 4 is 17.0 Å². The van der Waals surface area contributed by atoms with Gasteiger partial charge >= 0.3 is 0 Å². The Morgan fingerprint density at radius 3 is 3.04 bits per heavy atom. The second kappa shape index (κ2) is 5.39. The Hall–Kier alpha value is -2.88. The van der Waals surface area contributed by atoms with Gasteiger partial charge in [0.2, 0.25) is 5.43 Å². The van der Waals surface area contributed by atoms with Gasteiger partial charge in [0.15, 0.2) is 0 Å². The first-order chi connectivity index (χ1) is 11.3. The van der Waals surface area contributed by atoms with Gasteiger partial charge in [-0.15, -0.1) is 0 Å². The number of hydrogen-bond donors (Lipinski definition) is 0. The molecule has 0 N–H and O–H groups in total. The van der Waals surface area contributed by atoms with Crippen molar-refractivity contribution in [1.82, 2.24) is 4.98 Å². The van der Waals surface area contributed by atoms with Crippen molar-refractivity contribution in [1.29, 1.82) is 0 Å². The van der Waals surface area contributed by atoms with Crippen molar-refractivity contribution in [3.05, 3.63) is 64.2 Å². The normalized spacial score (nSPS) is 13.1. The number of nitrogens with zero attached hydrogens (tertiary/aromatic N) is 1. The van der Waals surface area contributed by atoms with Gasteiger partial charge in [0, 0.05) is 12.3 Å². The maximum absolute atomic E-state index is 13.0. The molecule has 0 radical (unpaired) electrons. The molecule has 2 heterocycles. The monoisotopic (exact) mass is 305 g/mol. The number of aromatic nitrogens is 1. The zero-order chi connectivity index (χ0) is 15.8. The van der Waals surface area contributed by atoms with Gasteiger partial charge in [-0.3, -0.25) is 9.78 Å². The molecule has 4 rings (SSSR count). The van der Waals surface area contributed by atoms with Gasteiger partial charge in [-0.2, -0.15) is 0 Å². The summed E-state index contributed by atoms with van der Waals surface area (Å²) in [4.78, 5) is 17.3. The van der Waals surface area contributed by atoms with Gasteiger partial charge in [0.05, 0.1) is 23.8 Å². The van der Waals surface area contributed by atoms with Crippen molar-refractivity contribution in [2.75, 3.05) is 7.11 Å². The van der Waals surface area contributed by atoms with Gasteiger partial charge in [-0.25, -0.2) is 0 Å². The molecule has 114 valence electrons. The fourth-order valence-electron chi connectivity index (χ4n) is 3.00. The number of hydrogen-bond acceptors (Lipinski definition) is 4. The van der Waals surface area contributed by atoms with Crippen LogP contribution in [-0.2, 0) is 6.42 Å². The Morgan fingerprint density at radius 2 is 2.17 bits per heavy atom. The molecule has 1 aliphatic carbocycles. The van der Waals surface area contributed by atoms with Crippen LogP contribution in [0, 0.1) is 0 Å². The van der Waals surface area contributed by atoms with Crippen molar-refractivity contribution in [3.63, 3.8) is 0 Å². The molecule has 0 bridgehead atoms. The standard InChI is InChI=1S/C19H15NO3/c1-22-13-8-9-20-16(10-13)15-11-23-17-7-6-12-4-2-3-5-14(12)18(17)19(15)21/h3,5-11H,2,4H2,1H3. The third kappa shape index (κ3) is 2.23. The lowest BCUT2D eigenvalue weighted by molar-refractivity contribution is 0.414. The van der Waals surface area contributed by atoms with Crippen molar-refractivity contribution < 1.29 is 9.15 Å². The van der Waals surface area contributed by atoms with Crippen LogP contribution in [-0.4, -0.2) is 12.1 Å². The Kier molecular flexibility index (Phi) is 3.23. The van der Waals surface area contributed by atoms with Gasteiger partial charge in [0.25, 0.3) is 0 Å². The molecule has 1 aromatic carbocycles. The van der Waals surface area contributed by atoms with Crippen LogP contribution in [0.15, 0.2) is 52.0 Å². The predicted octanol–water partition coefficient (Wildman–Crippen LogP) is 3.82. The number of aryl methyl sites for hydroxylation is 1. The highest BCUT2D eigenvalue weighted by Crippen LogP contribution is 2.28. The van der Waals surface area contributed by atoms with Crippen LogP contribution in [0.25, 0.3) is 28.3 Å². The number of rotatable bonds is 2. The number of pyridine rings is 1. The molecule has 0 atom stereocenters. The summed E-state index contributed by atoms with van der Waals surface area (Å²) in [6.07, 6.45) is 9.16. The highest BCUT2D eigenvalue weighted by molar-refractivity contribution is 5.91. The van der Waals surface area contributed by atoms with Gasteiger partial charge in [0.1, 0.15) is 17.6 Å². The van der Waals surface area contributed by atoms with E-state index >= 15 is 0 Å². The highest BCUT2D eigenvalue weighted by Gasteiger charge is 2.16. The zero-order valence-electron chi connectivity index (χ0n) is 12.7. The molecular formula is C19H15NO3. The number of benzene rings is 1. The summed E-state index contributed by atoms with van der Waals surface area (Å²) in [6.45, 7) is 0. The molecule has 3 aromatic rings. The summed E-state index contributed by atoms with van der Waals surface area (Å²) in [7, 11) is 1.59. The maximum atomic E-state index is 13.0. The first-order valence-corrected chi connectivity index (χ1v) is 7.52. The van der Waals surface area contributed by atoms with E-state index in [1.807, 2.05) is 18.2 Å². The summed E-state index contributed by atoms with van der Waals surface area (Å²) in [5.74, 6) is 0.657. The smallest absolute Gasteiger partial charge is 0.202 e. The van der Waals surface area contributed by atoms with E-state index < -0.39 is 0 Å². The van der Waals surface area contributed by atoms with E-state index in [-0.39, 0.29) is 5.43 Å². The quantitative estimate of drug-likeness (QED) is 0.722. The third-order valence-corrected chi connectivity index (χ3v) is 4.18. The lowest BCUT2D eigenvalue weighted by Gasteiger charge is -2.12. The fraction of sp³-hybridized carbons (Fsp3) is 0.158. The average Bonchev–Trinajstić information content (AvgIpc) is 2.61. The summed E-state index contributed by atoms with van der Waals surface area (Å²) in [5, 5.41) is 0.626. The topological polar surface area (TPSA) is 52.3 Å². The van der Waals surface area contributed by atoms with Crippen LogP contribution < -0.4 is 10.2 Å². The second-order valence-corrected chi connectivity index (χ2v) is 5.51. The van der Waals surface area contributed by atoms with Crippen LogP contribution >= 0.6 is 0 Å². The molecular weight excluding hydrogens is 290 g/mol. The first kappa shape index (κ1) is 13.8. The molecule has 0 amide bonds. The van der Waals surface area contributed by atoms with E-state index in [1.54, 1.807) is 25.4 Å². The Bertz CT molecular complexity index is 986. The molecule has 0 aliphatic heterocycles. The van der Waals surface area contributed by atoms with E-state index in [2.05, 4.69) is 11.1 Å². The number of allylic oxidation sites excluding steroid dienone is 1. The summed E-state index contributed by atoms with van der Waals surface area (Å²) < 4.78 is 10.9. The Balaban J connectivity index is 2.01. The number of ether oxygens (including phenoxy) is 1. The number of fused-ring (bicyclic) bond motifs is 3. The molecule has 0 saturated heterocycles. The van der Waals surface area contributed by atoms with Crippen molar-refractivity contribution in [2.24, 2.45) is 0 Å². The largest absolute Gasteiger partial charge is 0.497 e. The van der Waals surface area contributed by atoms with Crippen LogP contribution in [0.2, 0.25) is 0 Å². The lowest BCUT2D eigenvalue weighted by Crippen LogP contribution is -2.09. The molecule has 4 heteroatoms. The minimum Gasteiger partial charge on any atom is -0.497 e. The molecule has 0 unspecified atom stereocenters. The number of methoxy groups -OCH3 is 1. The van der Waals surface area contributed by atoms with Gasteiger partial charge < -0.3 is 9.15 Å². The van der Waals surface area contributed by atoms with Crippen molar-refractivity contribution in [3.8, 4) is 17.0 Å². The molecule has 2 aromatic heterocycles. The summed E-state index contributed by atoms with van der Waals surface area (Å²) in [6, 6.07) is 7.39. The zero-order valence-corrected chi connectivity index (χ0v) is 12.7. The van der Waals surface area contributed by atoms with E-state index in [0.717, 1.165) is 18.4 Å². The molecule has 0 fully saturated rings. The van der Waals surface area contributed by atoms with Gasteiger partial charge in [-0.1, -0.05) is 18.2 Å². The van der Waals surface area contributed by atoms with Crippen molar-refractivity contribution in [2.45, 2.75) is 12.8 Å². The van der Waals surface area contributed by atoms with Crippen LogP contribution in [0.5, 0.6) is 5.75 Å². The Labute approximate surface area is 133 Å².